The van der Waals surface area contributed by atoms with E-state index in [4.69, 9.17) is 4.42 Å². The van der Waals surface area contributed by atoms with Crippen LogP contribution in [0.1, 0.15) is 21.7 Å². The van der Waals surface area contributed by atoms with Gasteiger partial charge in [0.25, 0.3) is 11.5 Å². The summed E-state index contributed by atoms with van der Waals surface area (Å²) in [5, 5.41) is 2.64. The molecular formula is C17H15F2N3O3. The van der Waals surface area contributed by atoms with E-state index in [1.165, 1.54) is 24.0 Å². The van der Waals surface area contributed by atoms with Crippen molar-refractivity contribution in [3.05, 3.63) is 63.4 Å². The van der Waals surface area contributed by atoms with Crippen LogP contribution in [0.25, 0.3) is 11.1 Å². The van der Waals surface area contributed by atoms with Crippen molar-refractivity contribution in [2.24, 2.45) is 7.05 Å². The van der Waals surface area contributed by atoms with Crippen LogP contribution in [0.5, 0.6) is 0 Å². The maximum absolute atomic E-state index is 13.6. The molecule has 3 aromatic rings. The van der Waals surface area contributed by atoms with E-state index in [-0.39, 0.29) is 41.0 Å². The van der Waals surface area contributed by atoms with Gasteiger partial charge in [0.1, 0.15) is 29.1 Å². The number of carbonyl (C=O) groups is 1. The molecule has 0 saturated carbocycles. The highest BCUT2D eigenvalue weighted by Gasteiger charge is 2.22. The molecule has 130 valence electrons. The van der Waals surface area contributed by atoms with Gasteiger partial charge in [-0.25, -0.2) is 13.8 Å². The van der Waals surface area contributed by atoms with Gasteiger partial charge in [-0.3, -0.25) is 9.59 Å². The summed E-state index contributed by atoms with van der Waals surface area (Å²) >= 11 is 0. The quantitative estimate of drug-likeness (QED) is 0.784. The van der Waals surface area contributed by atoms with Gasteiger partial charge < -0.3 is 14.3 Å². The molecule has 0 radical (unpaired) electrons. The second-order valence-electron chi connectivity index (χ2n) is 5.58. The van der Waals surface area contributed by atoms with Gasteiger partial charge in [-0.1, -0.05) is 6.07 Å². The van der Waals surface area contributed by atoms with E-state index in [0.717, 1.165) is 12.1 Å². The summed E-state index contributed by atoms with van der Waals surface area (Å²) in [6.45, 7) is 1.55. The Morgan fingerprint density at radius 1 is 1.32 bits per heavy atom. The highest BCUT2D eigenvalue weighted by atomic mass is 19.1. The number of benzene rings is 1. The lowest BCUT2D eigenvalue weighted by Gasteiger charge is -2.07. The first kappa shape index (κ1) is 16.8. The Hall–Kier alpha value is -3.03. The number of fused-ring (bicyclic) bond motifs is 1. The minimum atomic E-state index is -0.669. The highest BCUT2D eigenvalue weighted by molar-refractivity contribution is 6.06. The molecule has 3 rings (SSSR count). The second-order valence-corrected chi connectivity index (χ2v) is 5.58. The van der Waals surface area contributed by atoms with E-state index in [2.05, 4.69) is 10.3 Å². The maximum Gasteiger partial charge on any atom is 0.265 e. The summed E-state index contributed by atoms with van der Waals surface area (Å²) in [5.74, 6) is -1.65. The van der Waals surface area contributed by atoms with E-state index >= 15 is 0 Å². The number of nitrogens with one attached hydrogen (secondary N) is 1. The fourth-order valence-corrected chi connectivity index (χ4v) is 2.62. The normalized spacial score (nSPS) is 11.0. The highest BCUT2D eigenvalue weighted by Crippen LogP contribution is 2.20. The third-order valence-corrected chi connectivity index (χ3v) is 3.90. The number of hydrogen-bond acceptors (Lipinski definition) is 4. The summed E-state index contributed by atoms with van der Waals surface area (Å²) < 4.78 is 33.8. The predicted octanol–water partition coefficient (Wildman–Crippen LogP) is 2.09. The van der Waals surface area contributed by atoms with Crippen molar-refractivity contribution < 1.29 is 18.0 Å². The van der Waals surface area contributed by atoms with Crippen LogP contribution < -0.4 is 10.9 Å². The molecule has 0 aliphatic heterocycles. The average molecular weight is 347 g/mol. The van der Waals surface area contributed by atoms with Crippen LogP contribution in [-0.4, -0.2) is 22.0 Å². The number of nitrogens with zero attached hydrogens (tertiary/aromatic N) is 2. The number of amides is 1. The fourth-order valence-electron chi connectivity index (χ4n) is 2.62. The van der Waals surface area contributed by atoms with Gasteiger partial charge in [0.05, 0.1) is 5.56 Å². The smallest absolute Gasteiger partial charge is 0.265 e. The molecule has 0 spiro atoms. The van der Waals surface area contributed by atoms with Crippen molar-refractivity contribution >= 4 is 17.0 Å². The van der Waals surface area contributed by atoms with Crippen LogP contribution >= 0.6 is 0 Å². The number of aryl methyl sites for hydroxylation is 2. The lowest BCUT2D eigenvalue weighted by Crippen LogP contribution is -2.28. The number of rotatable bonds is 4. The molecule has 6 nitrogen and oxygen atoms in total. The molecule has 0 saturated heterocycles. The fraction of sp³-hybridized carbons (Fsp3) is 0.235. The van der Waals surface area contributed by atoms with E-state index in [1.54, 1.807) is 6.92 Å². The van der Waals surface area contributed by atoms with Gasteiger partial charge in [-0.15, -0.1) is 0 Å². The first-order valence-electron chi connectivity index (χ1n) is 7.56. The molecule has 0 bridgehead atoms. The molecule has 0 aliphatic carbocycles. The van der Waals surface area contributed by atoms with Crippen molar-refractivity contribution in [1.29, 1.82) is 0 Å². The molecule has 2 heterocycles. The Kier molecular flexibility index (Phi) is 4.35. The molecule has 0 atom stereocenters. The Bertz CT molecular complexity index is 1000. The SMILES string of the molecule is Cc1oc2ncn(C)c(=O)c2c1C(=O)NCCc1c(F)cccc1F. The Labute approximate surface area is 141 Å². The number of halogens is 2. The zero-order valence-electron chi connectivity index (χ0n) is 13.6. The number of aromatic nitrogens is 2. The Morgan fingerprint density at radius 2 is 2.00 bits per heavy atom. The lowest BCUT2D eigenvalue weighted by atomic mass is 10.1. The summed E-state index contributed by atoms with van der Waals surface area (Å²) in [6.07, 6.45) is 1.28. The van der Waals surface area contributed by atoms with Gasteiger partial charge in [0.15, 0.2) is 0 Å². The summed E-state index contributed by atoms with van der Waals surface area (Å²) in [7, 11) is 1.51. The molecule has 1 N–H and O–H groups in total. The van der Waals surface area contributed by atoms with Crippen molar-refractivity contribution in [2.45, 2.75) is 13.3 Å². The molecule has 0 fully saturated rings. The first-order chi connectivity index (χ1) is 11.9. The Morgan fingerprint density at radius 3 is 2.68 bits per heavy atom. The second kappa shape index (κ2) is 6.46. The van der Waals surface area contributed by atoms with Gasteiger partial charge in [0.2, 0.25) is 5.71 Å². The van der Waals surface area contributed by atoms with Crippen LogP contribution in [0, 0.1) is 18.6 Å². The van der Waals surface area contributed by atoms with Gasteiger partial charge in [0, 0.05) is 19.2 Å². The zero-order valence-corrected chi connectivity index (χ0v) is 13.6. The predicted molar refractivity (Wildman–Crippen MR) is 86.4 cm³/mol. The van der Waals surface area contributed by atoms with Crippen molar-refractivity contribution in [2.75, 3.05) is 6.54 Å². The first-order valence-corrected chi connectivity index (χ1v) is 7.56. The number of hydrogen-bond donors (Lipinski definition) is 1. The van der Waals surface area contributed by atoms with Crippen LogP contribution in [-0.2, 0) is 13.5 Å². The zero-order chi connectivity index (χ0) is 18.1. The van der Waals surface area contributed by atoms with Crippen LogP contribution in [0.15, 0.2) is 33.7 Å². The van der Waals surface area contributed by atoms with E-state index in [1.807, 2.05) is 0 Å². The maximum atomic E-state index is 13.6. The standard InChI is InChI=1S/C17H15F2N3O3/c1-9-13(14-16(25-9)21-8-22(2)17(14)24)15(23)20-7-6-10-11(18)4-3-5-12(10)19/h3-5,8H,6-7H2,1-2H3,(H,20,23). The average Bonchev–Trinajstić information content (AvgIpc) is 2.90. The number of carbonyl (C=O) groups excluding carboxylic acids is 1. The summed E-state index contributed by atoms with van der Waals surface area (Å²) in [4.78, 5) is 28.6. The molecule has 25 heavy (non-hydrogen) atoms. The monoisotopic (exact) mass is 347 g/mol. The third kappa shape index (κ3) is 3.02. The van der Waals surface area contributed by atoms with Crippen molar-refractivity contribution in [3.8, 4) is 0 Å². The van der Waals surface area contributed by atoms with Gasteiger partial charge >= 0.3 is 0 Å². The molecule has 1 aromatic carbocycles. The molecule has 0 aliphatic rings. The van der Waals surface area contributed by atoms with Gasteiger partial charge in [-0.2, -0.15) is 0 Å². The molecule has 2 aromatic heterocycles. The minimum Gasteiger partial charge on any atom is -0.442 e. The largest absolute Gasteiger partial charge is 0.442 e. The van der Waals surface area contributed by atoms with E-state index in [0.29, 0.717) is 0 Å². The van der Waals surface area contributed by atoms with Crippen LogP contribution in [0.2, 0.25) is 0 Å². The molecular weight excluding hydrogens is 332 g/mol. The molecule has 1 amide bonds. The molecule has 0 unspecified atom stereocenters. The minimum absolute atomic E-state index is 0.00335. The summed E-state index contributed by atoms with van der Waals surface area (Å²) in [5.41, 5.74) is -0.357. The molecule has 8 heteroatoms. The summed E-state index contributed by atoms with van der Waals surface area (Å²) in [6, 6.07) is 3.59. The van der Waals surface area contributed by atoms with Gasteiger partial charge in [-0.05, 0) is 25.5 Å². The van der Waals surface area contributed by atoms with Crippen molar-refractivity contribution in [3.63, 3.8) is 0 Å². The van der Waals surface area contributed by atoms with E-state index in [9.17, 15) is 18.4 Å². The third-order valence-electron chi connectivity index (χ3n) is 3.90. The number of furan rings is 1. The van der Waals surface area contributed by atoms with Crippen molar-refractivity contribution in [1.82, 2.24) is 14.9 Å². The lowest BCUT2D eigenvalue weighted by molar-refractivity contribution is 0.0953. The van der Waals surface area contributed by atoms with Crippen LogP contribution in [0.3, 0.4) is 0 Å². The van der Waals surface area contributed by atoms with E-state index < -0.39 is 23.1 Å². The Balaban J connectivity index is 1.83. The topological polar surface area (TPSA) is 77.1 Å². The van der Waals surface area contributed by atoms with Crippen LogP contribution in [0.4, 0.5) is 8.78 Å².